The number of rotatable bonds is 3. The molecule has 1 spiro atoms. The maximum atomic E-state index is 9.20. The van der Waals surface area contributed by atoms with Crippen molar-refractivity contribution in [1.29, 1.82) is 5.41 Å². The fraction of sp³-hybridized carbons (Fsp3) is 0.0250. The van der Waals surface area contributed by atoms with E-state index < -0.39 is 5.41 Å². The fourth-order valence-electron chi connectivity index (χ4n) is 6.84. The summed E-state index contributed by atoms with van der Waals surface area (Å²) in [5.41, 5.74) is 12.2. The molecule has 0 radical (unpaired) electrons. The second-order valence-corrected chi connectivity index (χ2v) is 11.0. The first-order valence-electron chi connectivity index (χ1n) is 14.5. The summed E-state index contributed by atoms with van der Waals surface area (Å²) in [7, 11) is 0. The van der Waals surface area contributed by atoms with Gasteiger partial charge in [0.05, 0.1) is 5.41 Å². The minimum atomic E-state index is -0.452. The summed E-state index contributed by atoms with van der Waals surface area (Å²) in [5.74, 6) is 0.682. The van der Waals surface area contributed by atoms with Gasteiger partial charge in [0.25, 0.3) is 0 Å². The third-order valence-electron chi connectivity index (χ3n) is 8.66. The first kappa shape index (κ1) is 25.1. The molecule has 6 aromatic carbocycles. The van der Waals surface area contributed by atoms with Crippen LogP contribution in [-0.2, 0) is 5.41 Å². The summed E-state index contributed by atoms with van der Waals surface area (Å²) in [6, 6.07) is 52.5. The van der Waals surface area contributed by atoms with E-state index in [1.165, 1.54) is 44.5 Å². The van der Waals surface area contributed by atoms with Crippen LogP contribution in [0, 0.1) is 5.41 Å². The molecule has 43 heavy (non-hydrogen) atoms. The summed E-state index contributed by atoms with van der Waals surface area (Å²) in [6.07, 6.45) is 1.81. The zero-order valence-electron chi connectivity index (χ0n) is 23.4. The molecule has 2 aliphatic rings. The van der Waals surface area contributed by atoms with E-state index in [9.17, 15) is 5.41 Å². The Balaban J connectivity index is 1.30. The van der Waals surface area contributed by atoms with Crippen LogP contribution >= 0.6 is 0 Å². The molecule has 0 saturated carbocycles. The average Bonchev–Trinajstić information content (AvgIpc) is 3.54. The Morgan fingerprint density at radius 2 is 0.977 bits per heavy atom. The second-order valence-electron chi connectivity index (χ2n) is 11.0. The van der Waals surface area contributed by atoms with Crippen molar-refractivity contribution in [2.24, 2.45) is 9.98 Å². The van der Waals surface area contributed by atoms with Crippen molar-refractivity contribution in [3.63, 3.8) is 0 Å². The number of amidine groups is 2. The topological polar surface area (TPSA) is 48.6 Å². The Morgan fingerprint density at radius 3 is 1.56 bits per heavy atom. The number of hydrogen-bond donors (Lipinski definition) is 1. The van der Waals surface area contributed by atoms with Gasteiger partial charge in [-0.3, -0.25) is 5.41 Å². The predicted molar refractivity (Wildman–Crippen MR) is 177 cm³/mol. The molecule has 3 heteroatoms. The van der Waals surface area contributed by atoms with Crippen molar-refractivity contribution >= 4 is 17.9 Å². The van der Waals surface area contributed by atoms with E-state index in [1.807, 2.05) is 66.7 Å². The van der Waals surface area contributed by atoms with Crippen LogP contribution in [0.15, 0.2) is 162 Å². The van der Waals surface area contributed by atoms with Gasteiger partial charge in [-0.05, 0) is 56.1 Å². The Labute approximate surface area is 251 Å². The van der Waals surface area contributed by atoms with Crippen LogP contribution < -0.4 is 0 Å². The molecule has 0 unspecified atom stereocenters. The van der Waals surface area contributed by atoms with Gasteiger partial charge in [0.1, 0.15) is 0 Å². The zero-order chi connectivity index (χ0) is 28.8. The third kappa shape index (κ3) is 3.86. The van der Waals surface area contributed by atoms with Crippen molar-refractivity contribution in [1.82, 2.24) is 0 Å². The average molecular weight is 550 g/mol. The van der Waals surface area contributed by atoms with Gasteiger partial charge in [-0.25, -0.2) is 9.98 Å². The number of nitrogens with one attached hydrogen (secondary N) is 1. The van der Waals surface area contributed by atoms with Gasteiger partial charge in [-0.1, -0.05) is 146 Å². The van der Waals surface area contributed by atoms with Crippen molar-refractivity contribution in [3.05, 3.63) is 191 Å². The molecule has 202 valence electrons. The molecular weight excluding hydrogens is 522 g/mol. The monoisotopic (exact) mass is 549 g/mol. The highest BCUT2D eigenvalue weighted by Crippen LogP contribution is 2.62. The van der Waals surface area contributed by atoms with E-state index >= 15 is 0 Å². The quantitative estimate of drug-likeness (QED) is 0.169. The van der Waals surface area contributed by atoms with E-state index in [4.69, 9.17) is 9.98 Å². The zero-order valence-corrected chi connectivity index (χ0v) is 23.4. The smallest absolute Gasteiger partial charge is 0.161 e. The van der Waals surface area contributed by atoms with Crippen LogP contribution in [0.25, 0.3) is 22.3 Å². The molecule has 0 aliphatic heterocycles. The van der Waals surface area contributed by atoms with E-state index in [0.717, 1.165) is 16.7 Å². The van der Waals surface area contributed by atoms with E-state index in [1.54, 1.807) is 6.21 Å². The van der Waals surface area contributed by atoms with Crippen LogP contribution in [0.2, 0.25) is 0 Å². The standard InChI is InChI=1S/C40H27N3/c41-38(43-39(28-15-5-2-6-16-28)42-26-27-13-3-1-4-14-27)29-23-24-33-32-19-9-12-22-36(32)40(37(33)25-29)34-20-10-7-17-30(34)31-18-8-11-21-35(31)40/h1-26,41H. The molecular formula is C40H27N3. The number of benzene rings is 6. The summed E-state index contributed by atoms with van der Waals surface area (Å²) >= 11 is 0. The molecule has 6 aromatic rings. The van der Waals surface area contributed by atoms with Crippen LogP contribution in [-0.4, -0.2) is 17.9 Å². The van der Waals surface area contributed by atoms with Crippen LogP contribution in [0.5, 0.6) is 0 Å². The Hall–Kier alpha value is -5.67. The van der Waals surface area contributed by atoms with Gasteiger partial charge in [0.2, 0.25) is 0 Å². The van der Waals surface area contributed by atoms with Crippen LogP contribution in [0.4, 0.5) is 0 Å². The number of nitrogens with zero attached hydrogens (tertiary/aromatic N) is 2. The summed E-state index contributed by atoms with van der Waals surface area (Å²) in [6.45, 7) is 0. The minimum Gasteiger partial charge on any atom is -0.282 e. The summed E-state index contributed by atoms with van der Waals surface area (Å²) in [5, 5.41) is 9.20. The maximum absolute atomic E-state index is 9.20. The first-order chi connectivity index (χ1) is 21.2. The lowest BCUT2D eigenvalue weighted by atomic mass is 9.70. The number of hydrogen-bond acceptors (Lipinski definition) is 1. The maximum Gasteiger partial charge on any atom is 0.161 e. The highest BCUT2D eigenvalue weighted by Gasteiger charge is 2.51. The molecule has 0 heterocycles. The van der Waals surface area contributed by atoms with E-state index in [0.29, 0.717) is 5.84 Å². The lowest BCUT2D eigenvalue weighted by Gasteiger charge is -2.30. The fourth-order valence-corrected chi connectivity index (χ4v) is 6.84. The predicted octanol–water partition coefficient (Wildman–Crippen LogP) is 8.92. The molecule has 0 amide bonds. The number of aliphatic imine (C=N–C) groups is 2. The largest absolute Gasteiger partial charge is 0.282 e. The Bertz CT molecular complexity index is 2020. The van der Waals surface area contributed by atoms with E-state index in [-0.39, 0.29) is 5.84 Å². The van der Waals surface area contributed by atoms with Gasteiger partial charge >= 0.3 is 0 Å². The van der Waals surface area contributed by atoms with E-state index in [2.05, 4.69) is 84.9 Å². The second kappa shape index (κ2) is 10.0. The number of fused-ring (bicyclic) bond motifs is 10. The van der Waals surface area contributed by atoms with Crippen molar-refractivity contribution < 1.29 is 0 Å². The highest BCUT2D eigenvalue weighted by molar-refractivity contribution is 6.13. The lowest BCUT2D eigenvalue weighted by Crippen LogP contribution is -2.26. The summed E-state index contributed by atoms with van der Waals surface area (Å²) in [4.78, 5) is 9.56. The highest BCUT2D eigenvalue weighted by atomic mass is 14.9. The Morgan fingerprint density at radius 1 is 0.488 bits per heavy atom. The molecule has 0 atom stereocenters. The first-order valence-corrected chi connectivity index (χ1v) is 14.5. The lowest BCUT2D eigenvalue weighted by molar-refractivity contribution is 0.793. The molecule has 8 rings (SSSR count). The van der Waals surface area contributed by atoms with Crippen LogP contribution in [0.1, 0.15) is 38.9 Å². The third-order valence-corrected chi connectivity index (χ3v) is 8.66. The molecule has 3 nitrogen and oxygen atoms in total. The van der Waals surface area contributed by atoms with Gasteiger partial charge < -0.3 is 0 Å². The molecule has 2 aliphatic carbocycles. The molecule has 0 fully saturated rings. The minimum absolute atomic E-state index is 0.178. The molecule has 0 saturated heterocycles. The Kier molecular flexibility index (Phi) is 5.83. The normalized spacial score (nSPS) is 13.9. The molecule has 0 bridgehead atoms. The van der Waals surface area contributed by atoms with Gasteiger partial charge in [-0.2, -0.15) is 0 Å². The van der Waals surface area contributed by atoms with Crippen molar-refractivity contribution in [2.75, 3.05) is 0 Å². The van der Waals surface area contributed by atoms with Crippen molar-refractivity contribution in [3.8, 4) is 22.3 Å². The van der Waals surface area contributed by atoms with Gasteiger partial charge in [0, 0.05) is 17.3 Å². The van der Waals surface area contributed by atoms with Crippen LogP contribution in [0.3, 0.4) is 0 Å². The van der Waals surface area contributed by atoms with Crippen molar-refractivity contribution in [2.45, 2.75) is 5.41 Å². The summed E-state index contributed by atoms with van der Waals surface area (Å²) < 4.78 is 0. The van der Waals surface area contributed by atoms with Gasteiger partial charge in [-0.15, -0.1) is 0 Å². The SMILES string of the molecule is N=C(N=C(N=Cc1ccccc1)c1ccccc1)c1ccc2c(c1)C1(c3ccccc3-c3ccccc31)c1ccccc1-2. The molecule has 0 aromatic heterocycles. The molecule has 1 N–H and O–H groups in total. The van der Waals surface area contributed by atoms with Gasteiger partial charge in [0.15, 0.2) is 11.7 Å².